The van der Waals surface area contributed by atoms with E-state index in [4.69, 9.17) is 9.47 Å². The van der Waals surface area contributed by atoms with Gasteiger partial charge < -0.3 is 14.8 Å². The van der Waals surface area contributed by atoms with E-state index < -0.39 is 0 Å². The Morgan fingerprint density at radius 1 is 1.50 bits per heavy atom. The fourth-order valence-corrected chi connectivity index (χ4v) is 1.79. The zero-order valence-corrected chi connectivity index (χ0v) is 10.3. The van der Waals surface area contributed by atoms with E-state index in [0.29, 0.717) is 12.6 Å². The maximum atomic E-state index is 11.2. The second-order valence-electron chi connectivity index (χ2n) is 4.49. The predicted octanol–water partition coefficient (Wildman–Crippen LogP) is 1.49. The van der Waals surface area contributed by atoms with Crippen LogP contribution in [0.3, 0.4) is 0 Å². The van der Waals surface area contributed by atoms with Crippen LogP contribution in [0.5, 0.6) is 0 Å². The van der Waals surface area contributed by atoms with Crippen LogP contribution in [0.1, 0.15) is 39.5 Å². The van der Waals surface area contributed by atoms with Crippen molar-refractivity contribution in [3.8, 4) is 0 Å². The predicted molar refractivity (Wildman–Crippen MR) is 62.3 cm³/mol. The first-order chi connectivity index (χ1) is 7.68. The summed E-state index contributed by atoms with van der Waals surface area (Å²) in [6, 6.07) is 0. The van der Waals surface area contributed by atoms with Crippen LogP contribution >= 0.6 is 0 Å². The normalized spacial score (nSPS) is 21.1. The van der Waals surface area contributed by atoms with Crippen LogP contribution in [0.25, 0.3) is 0 Å². The Kier molecular flexibility index (Phi) is 6.42. The Morgan fingerprint density at radius 3 is 2.94 bits per heavy atom. The highest BCUT2D eigenvalue weighted by atomic mass is 16.5. The Balaban J connectivity index is 1.96. The van der Waals surface area contributed by atoms with Crippen molar-refractivity contribution >= 4 is 5.97 Å². The number of carbonyl (C=O) groups excluding carboxylic acids is 1. The monoisotopic (exact) mass is 229 g/mol. The molecule has 1 aliphatic heterocycles. The van der Waals surface area contributed by atoms with E-state index >= 15 is 0 Å². The van der Waals surface area contributed by atoms with E-state index in [0.717, 1.165) is 26.0 Å². The lowest BCUT2D eigenvalue weighted by Gasteiger charge is -2.22. The molecule has 16 heavy (non-hydrogen) atoms. The largest absolute Gasteiger partial charge is 0.462 e. The van der Waals surface area contributed by atoms with Crippen molar-refractivity contribution in [2.45, 2.75) is 51.7 Å². The van der Waals surface area contributed by atoms with Crippen LogP contribution in [-0.4, -0.2) is 37.9 Å². The minimum absolute atomic E-state index is 0.0315. The third kappa shape index (κ3) is 6.08. The number of carbonyl (C=O) groups is 1. The first kappa shape index (κ1) is 13.5. The summed E-state index contributed by atoms with van der Waals surface area (Å²) in [5.74, 6) is -0.181. The smallest absolute Gasteiger partial charge is 0.320 e. The van der Waals surface area contributed by atoms with Gasteiger partial charge in [-0.05, 0) is 46.1 Å². The zero-order chi connectivity index (χ0) is 11.8. The molecule has 0 aromatic heterocycles. The summed E-state index contributed by atoms with van der Waals surface area (Å²) < 4.78 is 10.6. The summed E-state index contributed by atoms with van der Waals surface area (Å²) in [4.78, 5) is 11.2. The summed E-state index contributed by atoms with van der Waals surface area (Å²) in [7, 11) is 0. The lowest BCUT2D eigenvalue weighted by Crippen LogP contribution is -2.30. The fraction of sp³-hybridized carbons (Fsp3) is 0.917. The van der Waals surface area contributed by atoms with E-state index in [1.54, 1.807) is 0 Å². The molecule has 1 rings (SSSR count). The van der Waals surface area contributed by atoms with Crippen molar-refractivity contribution in [2.75, 3.05) is 19.7 Å². The van der Waals surface area contributed by atoms with Crippen LogP contribution in [0.15, 0.2) is 0 Å². The van der Waals surface area contributed by atoms with Gasteiger partial charge in [0.15, 0.2) is 0 Å². The molecule has 0 amide bonds. The Labute approximate surface area is 97.7 Å². The molecule has 1 heterocycles. The Hall–Kier alpha value is -0.610. The van der Waals surface area contributed by atoms with E-state index in [1.165, 1.54) is 12.8 Å². The maximum absolute atomic E-state index is 11.2. The van der Waals surface area contributed by atoms with Crippen molar-refractivity contribution in [1.82, 2.24) is 5.32 Å². The lowest BCUT2D eigenvalue weighted by molar-refractivity contribution is -0.146. The number of hydrogen-bond donors (Lipinski definition) is 1. The van der Waals surface area contributed by atoms with Gasteiger partial charge >= 0.3 is 5.97 Å². The van der Waals surface area contributed by atoms with Gasteiger partial charge in [0.25, 0.3) is 0 Å². The number of esters is 1. The number of rotatable bonds is 6. The first-order valence-electron chi connectivity index (χ1n) is 6.20. The standard InChI is InChI=1S/C12H23NO3/c1-10(2)16-12(14)9-13-7-6-11-5-3-4-8-15-11/h10-11,13H,3-9H2,1-2H3. The second kappa shape index (κ2) is 7.63. The van der Waals surface area contributed by atoms with Gasteiger partial charge in [-0.3, -0.25) is 4.79 Å². The van der Waals surface area contributed by atoms with Crippen LogP contribution in [0, 0.1) is 0 Å². The summed E-state index contributed by atoms with van der Waals surface area (Å²) in [6.45, 7) is 5.71. The molecule has 0 aliphatic carbocycles. The van der Waals surface area contributed by atoms with Gasteiger partial charge in [0, 0.05) is 6.61 Å². The van der Waals surface area contributed by atoms with Gasteiger partial charge in [0.05, 0.1) is 18.8 Å². The molecule has 1 saturated heterocycles. The molecule has 0 aromatic carbocycles. The highest BCUT2D eigenvalue weighted by molar-refractivity contribution is 5.71. The summed E-state index contributed by atoms with van der Waals surface area (Å²) in [5, 5.41) is 3.08. The third-order valence-corrected chi connectivity index (χ3v) is 2.55. The minimum Gasteiger partial charge on any atom is -0.462 e. The molecule has 0 aromatic rings. The summed E-state index contributed by atoms with van der Waals surface area (Å²) in [5.41, 5.74) is 0. The van der Waals surface area contributed by atoms with Gasteiger partial charge in [0.2, 0.25) is 0 Å². The maximum Gasteiger partial charge on any atom is 0.320 e. The molecule has 94 valence electrons. The molecule has 1 atom stereocenters. The van der Waals surface area contributed by atoms with Gasteiger partial charge in [-0.15, -0.1) is 0 Å². The third-order valence-electron chi connectivity index (χ3n) is 2.55. The number of nitrogens with one attached hydrogen (secondary N) is 1. The van der Waals surface area contributed by atoms with Crippen molar-refractivity contribution in [1.29, 1.82) is 0 Å². The van der Waals surface area contributed by atoms with Crippen molar-refractivity contribution in [3.63, 3.8) is 0 Å². The number of hydrogen-bond acceptors (Lipinski definition) is 4. The molecule has 1 unspecified atom stereocenters. The van der Waals surface area contributed by atoms with Gasteiger partial charge in [-0.2, -0.15) is 0 Å². The molecule has 1 N–H and O–H groups in total. The molecule has 1 aliphatic rings. The summed E-state index contributed by atoms with van der Waals surface area (Å²) in [6.07, 6.45) is 4.93. The van der Waals surface area contributed by atoms with Crippen LogP contribution < -0.4 is 5.32 Å². The van der Waals surface area contributed by atoms with E-state index in [-0.39, 0.29) is 12.1 Å². The molecule has 0 bridgehead atoms. The lowest BCUT2D eigenvalue weighted by atomic mass is 10.1. The van der Waals surface area contributed by atoms with Gasteiger partial charge in [-0.25, -0.2) is 0 Å². The molecule has 4 nitrogen and oxygen atoms in total. The summed E-state index contributed by atoms with van der Waals surface area (Å²) >= 11 is 0. The average Bonchev–Trinajstić information content (AvgIpc) is 2.25. The second-order valence-corrected chi connectivity index (χ2v) is 4.49. The Bertz CT molecular complexity index is 200. The van der Waals surface area contributed by atoms with E-state index in [9.17, 15) is 4.79 Å². The average molecular weight is 229 g/mol. The van der Waals surface area contributed by atoms with Crippen LogP contribution in [0.4, 0.5) is 0 Å². The van der Waals surface area contributed by atoms with E-state index in [1.807, 2.05) is 13.8 Å². The quantitative estimate of drug-likeness (QED) is 0.553. The Morgan fingerprint density at radius 2 is 2.31 bits per heavy atom. The van der Waals surface area contributed by atoms with Crippen molar-refractivity contribution in [2.24, 2.45) is 0 Å². The fourth-order valence-electron chi connectivity index (χ4n) is 1.79. The van der Waals surface area contributed by atoms with Crippen molar-refractivity contribution in [3.05, 3.63) is 0 Å². The molecule has 0 radical (unpaired) electrons. The highest BCUT2D eigenvalue weighted by Crippen LogP contribution is 2.14. The molecular formula is C12H23NO3. The van der Waals surface area contributed by atoms with Crippen molar-refractivity contribution < 1.29 is 14.3 Å². The molecule has 0 spiro atoms. The number of ether oxygens (including phenoxy) is 2. The van der Waals surface area contributed by atoms with E-state index in [2.05, 4.69) is 5.32 Å². The van der Waals surface area contributed by atoms with Crippen LogP contribution in [-0.2, 0) is 14.3 Å². The zero-order valence-electron chi connectivity index (χ0n) is 10.3. The highest BCUT2D eigenvalue weighted by Gasteiger charge is 2.13. The molecular weight excluding hydrogens is 206 g/mol. The van der Waals surface area contributed by atoms with Crippen LogP contribution in [0.2, 0.25) is 0 Å². The minimum atomic E-state index is -0.181. The SMILES string of the molecule is CC(C)OC(=O)CNCCC1CCCCO1. The first-order valence-corrected chi connectivity index (χ1v) is 6.20. The van der Waals surface area contributed by atoms with Gasteiger partial charge in [0.1, 0.15) is 0 Å². The topological polar surface area (TPSA) is 47.6 Å². The van der Waals surface area contributed by atoms with Gasteiger partial charge in [-0.1, -0.05) is 0 Å². The molecule has 0 saturated carbocycles. The molecule has 4 heteroatoms. The molecule has 1 fully saturated rings.